The van der Waals surface area contributed by atoms with Gasteiger partial charge in [0.05, 0.1) is 5.69 Å². The largest absolute Gasteiger partial charge is 0.492 e. The van der Waals surface area contributed by atoms with E-state index < -0.39 is 6.09 Å². The summed E-state index contributed by atoms with van der Waals surface area (Å²) >= 11 is 0. The maximum atomic E-state index is 13.5. The molecule has 31 heavy (non-hydrogen) atoms. The molecule has 3 aromatic rings. The zero-order valence-corrected chi connectivity index (χ0v) is 17.0. The molecule has 3 heterocycles. The Kier molecular flexibility index (Phi) is 5.77. The minimum atomic E-state index is -0.640. The smallest absolute Gasteiger partial charge is 0.434 e. The van der Waals surface area contributed by atoms with E-state index in [1.54, 1.807) is 6.07 Å². The molecule has 0 unspecified atom stereocenters. The number of nitrogens with zero attached hydrogens (tertiary/aromatic N) is 4. The number of aryl methyl sites for hydroxylation is 1. The van der Waals surface area contributed by atoms with Crippen LogP contribution in [0.5, 0.6) is 11.8 Å². The minimum absolute atomic E-state index is 0.292. The number of halogens is 1. The summed E-state index contributed by atoms with van der Waals surface area (Å²) in [4.78, 5) is 25.7. The van der Waals surface area contributed by atoms with Crippen LogP contribution in [-0.2, 0) is 6.54 Å². The monoisotopic (exact) mass is 426 g/mol. The third-order valence-corrected chi connectivity index (χ3v) is 5.31. The average Bonchev–Trinajstić information content (AvgIpc) is 3.07. The number of hydrogen-bond donors (Lipinski definition) is 2. The Labute approximate surface area is 178 Å². The van der Waals surface area contributed by atoms with Gasteiger partial charge in [-0.3, -0.25) is 9.88 Å². The number of piperazine rings is 1. The summed E-state index contributed by atoms with van der Waals surface area (Å²) < 4.78 is 14.2. The molecule has 162 valence electrons. The van der Waals surface area contributed by atoms with Crippen LogP contribution in [0.4, 0.5) is 9.18 Å². The molecule has 0 bridgehead atoms. The second kappa shape index (κ2) is 8.65. The molecule has 2 aromatic heterocycles. The maximum absolute atomic E-state index is 13.5. The first kappa shape index (κ1) is 20.7. The van der Waals surface area contributed by atoms with Crippen molar-refractivity contribution in [2.75, 3.05) is 26.2 Å². The van der Waals surface area contributed by atoms with Crippen molar-refractivity contribution in [1.82, 2.24) is 19.5 Å². The van der Waals surface area contributed by atoms with Gasteiger partial charge in [-0.05, 0) is 30.7 Å². The van der Waals surface area contributed by atoms with Gasteiger partial charge in [-0.15, -0.1) is 4.73 Å². The molecular formula is C22H23FN4O4. The quantitative estimate of drug-likeness (QED) is 0.667. The first-order valence-electron chi connectivity index (χ1n) is 9.92. The number of pyridine rings is 1. The summed E-state index contributed by atoms with van der Waals surface area (Å²) in [6, 6.07) is 12.7. The van der Waals surface area contributed by atoms with Gasteiger partial charge in [-0.1, -0.05) is 18.2 Å². The molecule has 8 nitrogen and oxygen atoms in total. The topological polar surface area (TPSA) is 91.1 Å². The molecule has 1 aliphatic heterocycles. The lowest BCUT2D eigenvalue weighted by Crippen LogP contribution is -2.50. The third-order valence-electron chi connectivity index (χ3n) is 5.31. The van der Waals surface area contributed by atoms with Crippen LogP contribution in [0.25, 0.3) is 11.3 Å². The number of carbonyl (C=O) groups excluding carboxylic acids is 1. The Morgan fingerprint density at radius 2 is 1.77 bits per heavy atom. The van der Waals surface area contributed by atoms with Gasteiger partial charge in [-0.25, -0.2) is 9.18 Å². The van der Waals surface area contributed by atoms with Crippen molar-refractivity contribution in [1.29, 1.82) is 0 Å². The van der Waals surface area contributed by atoms with Crippen molar-refractivity contribution in [2.45, 2.75) is 13.5 Å². The molecule has 0 atom stereocenters. The van der Waals surface area contributed by atoms with Crippen LogP contribution < -0.4 is 4.84 Å². The number of benzene rings is 1. The fraction of sp³-hybridized carbons (Fsp3) is 0.273. The van der Waals surface area contributed by atoms with Crippen LogP contribution in [0.2, 0.25) is 0 Å². The molecular weight excluding hydrogens is 403 g/mol. The fourth-order valence-electron chi connectivity index (χ4n) is 3.53. The number of hydrogen-bond acceptors (Lipinski definition) is 6. The molecule has 1 fully saturated rings. The van der Waals surface area contributed by atoms with Crippen molar-refractivity contribution < 1.29 is 24.2 Å². The van der Waals surface area contributed by atoms with Gasteiger partial charge in [0.25, 0.3) is 0 Å². The predicted octanol–water partition coefficient (Wildman–Crippen LogP) is 2.78. The van der Waals surface area contributed by atoms with Crippen LogP contribution in [0, 0.1) is 12.7 Å². The molecule has 0 saturated carbocycles. The van der Waals surface area contributed by atoms with Gasteiger partial charge < -0.3 is 20.0 Å². The molecule has 2 N–H and O–H groups in total. The summed E-state index contributed by atoms with van der Waals surface area (Å²) in [7, 11) is 0. The van der Waals surface area contributed by atoms with E-state index in [1.807, 2.05) is 25.1 Å². The molecule has 1 amide bonds. The maximum Gasteiger partial charge on any atom is 0.434 e. The van der Waals surface area contributed by atoms with Crippen molar-refractivity contribution >= 4 is 6.09 Å². The number of rotatable bonds is 4. The molecule has 0 aliphatic carbocycles. The number of aromatic hydroxyl groups is 2. The normalized spacial score (nSPS) is 14.6. The van der Waals surface area contributed by atoms with Crippen LogP contribution in [-0.4, -0.2) is 62.0 Å². The van der Waals surface area contributed by atoms with E-state index in [9.17, 15) is 19.4 Å². The lowest BCUT2D eigenvalue weighted by atomic mass is 10.1. The molecule has 1 saturated heterocycles. The number of aromatic nitrogens is 2. The Morgan fingerprint density at radius 3 is 2.42 bits per heavy atom. The van der Waals surface area contributed by atoms with Gasteiger partial charge in [0.2, 0.25) is 11.8 Å². The molecule has 9 heteroatoms. The molecule has 1 aromatic carbocycles. The van der Waals surface area contributed by atoms with Gasteiger partial charge in [0, 0.05) is 56.1 Å². The Balaban J connectivity index is 1.34. The summed E-state index contributed by atoms with van der Waals surface area (Å²) in [5.74, 6) is -0.997. The Morgan fingerprint density at radius 1 is 1.06 bits per heavy atom. The summed E-state index contributed by atoms with van der Waals surface area (Å²) in [5, 5.41) is 19.2. The standard InChI is InChI=1S/C22H23FN4O4/c1-15-17(5-6-19(24-15)16-3-2-4-18(23)13-16)14-25-9-11-26(12-10-25)22(30)31-27-20(28)7-8-21(27)29/h2-8,13,28-29H,9-12,14H2,1H3. The predicted molar refractivity (Wildman–Crippen MR) is 111 cm³/mol. The SMILES string of the molecule is Cc1nc(-c2cccc(F)c2)ccc1CN1CCN(C(=O)On2c(O)ccc2O)CC1. The lowest BCUT2D eigenvalue weighted by Gasteiger charge is -2.34. The van der Waals surface area contributed by atoms with Crippen LogP contribution in [0.3, 0.4) is 0 Å². The lowest BCUT2D eigenvalue weighted by molar-refractivity contribution is 0.0555. The van der Waals surface area contributed by atoms with Crippen LogP contribution >= 0.6 is 0 Å². The summed E-state index contributed by atoms with van der Waals surface area (Å²) in [5.41, 5.74) is 3.41. The highest BCUT2D eigenvalue weighted by Gasteiger charge is 2.24. The Bertz CT molecular complexity index is 1070. The van der Waals surface area contributed by atoms with E-state index in [-0.39, 0.29) is 17.6 Å². The van der Waals surface area contributed by atoms with Crippen molar-refractivity contribution in [3.8, 4) is 23.0 Å². The Hall–Kier alpha value is -3.59. The second-order valence-corrected chi connectivity index (χ2v) is 7.42. The van der Waals surface area contributed by atoms with E-state index in [0.717, 1.165) is 22.5 Å². The zero-order valence-electron chi connectivity index (χ0n) is 17.0. The van der Waals surface area contributed by atoms with Gasteiger partial charge in [0.15, 0.2) is 0 Å². The first-order valence-corrected chi connectivity index (χ1v) is 9.92. The summed E-state index contributed by atoms with van der Waals surface area (Å²) in [6.45, 7) is 4.81. The third kappa shape index (κ3) is 4.61. The van der Waals surface area contributed by atoms with Crippen molar-refractivity contribution in [2.24, 2.45) is 0 Å². The minimum Gasteiger partial charge on any atom is -0.492 e. The highest BCUT2D eigenvalue weighted by Crippen LogP contribution is 2.22. The highest BCUT2D eigenvalue weighted by molar-refractivity contribution is 5.68. The first-order chi connectivity index (χ1) is 14.9. The van der Waals surface area contributed by atoms with Crippen molar-refractivity contribution in [3.63, 3.8) is 0 Å². The van der Waals surface area contributed by atoms with E-state index in [1.165, 1.54) is 29.2 Å². The van der Waals surface area contributed by atoms with E-state index in [4.69, 9.17) is 4.84 Å². The van der Waals surface area contributed by atoms with Gasteiger partial charge in [0.1, 0.15) is 5.82 Å². The highest BCUT2D eigenvalue weighted by atomic mass is 19.1. The summed E-state index contributed by atoms with van der Waals surface area (Å²) in [6.07, 6.45) is -0.640. The van der Waals surface area contributed by atoms with Gasteiger partial charge >= 0.3 is 6.09 Å². The van der Waals surface area contributed by atoms with E-state index in [0.29, 0.717) is 37.5 Å². The average molecular weight is 426 g/mol. The number of carbonyl (C=O) groups is 1. The van der Waals surface area contributed by atoms with E-state index >= 15 is 0 Å². The van der Waals surface area contributed by atoms with E-state index in [2.05, 4.69) is 9.88 Å². The van der Waals surface area contributed by atoms with Crippen LogP contribution in [0.1, 0.15) is 11.3 Å². The van der Waals surface area contributed by atoms with Gasteiger partial charge in [-0.2, -0.15) is 0 Å². The molecule has 1 aliphatic rings. The number of amides is 1. The molecule has 0 spiro atoms. The molecule has 0 radical (unpaired) electrons. The molecule has 4 rings (SSSR count). The second-order valence-electron chi connectivity index (χ2n) is 7.42. The fourth-order valence-corrected chi connectivity index (χ4v) is 3.53. The zero-order chi connectivity index (χ0) is 22.0. The van der Waals surface area contributed by atoms with Crippen LogP contribution in [0.15, 0.2) is 48.5 Å². The van der Waals surface area contributed by atoms with Crippen molar-refractivity contribution in [3.05, 3.63) is 65.6 Å².